The number of thiophene rings is 1. The first-order valence-corrected chi connectivity index (χ1v) is 5.17. The molecule has 1 N–H and O–H groups in total. The molecule has 0 saturated heterocycles. The van der Waals surface area contributed by atoms with E-state index in [0.29, 0.717) is 4.88 Å². The molecule has 13 heavy (non-hydrogen) atoms. The van der Waals surface area contributed by atoms with Crippen LogP contribution in [0.2, 0.25) is 0 Å². The first kappa shape index (κ1) is 10.3. The summed E-state index contributed by atoms with van der Waals surface area (Å²) in [4.78, 5) is 12.9. The third-order valence-corrected chi connectivity index (χ3v) is 2.88. The summed E-state index contributed by atoms with van der Waals surface area (Å²) in [5.74, 6) is -0.0716. The van der Waals surface area contributed by atoms with Gasteiger partial charge in [-0.15, -0.1) is 30.5 Å². The maximum Gasteiger partial charge on any atom is 0.261 e. The van der Waals surface area contributed by atoms with Crippen molar-refractivity contribution in [1.29, 1.82) is 0 Å². The Labute approximate surface area is 87.1 Å². The molecule has 1 aromatic rings. The molecule has 4 heteroatoms. The predicted octanol–water partition coefficient (Wildman–Crippen LogP) is 2.34. The number of carbonyl (C=O) groups excluding carboxylic acids is 1. The summed E-state index contributed by atoms with van der Waals surface area (Å²) >= 11 is 5.51. The van der Waals surface area contributed by atoms with Gasteiger partial charge in [0.05, 0.1) is 4.88 Å². The van der Waals surface area contributed by atoms with Crippen molar-refractivity contribution in [3.05, 3.63) is 29.0 Å². The van der Waals surface area contributed by atoms with Gasteiger partial charge in [0.2, 0.25) is 0 Å². The van der Waals surface area contributed by atoms with E-state index < -0.39 is 0 Å². The number of nitrogens with one attached hydrogen (secondary N) is 1. The van der Waals surface area contributed by atoms with Gasteiger partial charge < -0.3 is 5.32 Å². The molecule has 1 unspecified atom stereocenters. The van der Waals surface area contributed by atoms with Crippen LogP contribution in [0.25, 0.3) is 0 Å². The maximum atomic E-state index is 11.4. The molecular formula is C9H11NOS2. The van der Waals surface area contributed by atoms with Crippen LogP contribution < -0.4 is 5.32 Å². The van der Waals surface area contributed by atoms with Gasteiger partial charge in [-0.2, -0.15) is 0 Å². The van der Waals surface area contributed by atoms with Gasteiger partial charge in [0.1, 0.15) is 0 Å². The third-order valence-electron chi connectivity index (χ3n) is 1.52. The summed E-state index contributed by atoms with van der Waals surface area (Å²) in [7, 11) is 0. The Kier molecular flexibility index (Phi) is 3.57. The van der Waals surface area contributed by atoms with E-state index in [9.17, 15) is 4.79 Å². The summed E-state index contributed by atoms with van der Waals surface area (Å²) in [5, 5.41) is 4.61. The lowest BCUT2D eigenvalue weighted by molar-refractivity contribution is 0.0951. The average Bonchev–Trinajstić information content (AvgIpc) is 2.51. The van der Waals surface area contributed by atoms with Crippen LogP contribution in [0.3, 0.4) is 0 Å². The molecule has 0 aliphatic carbocycles. The monoisotopic (exact) mass is 213 g/mol. The van der Waals surface area contributed by atoms with Crippen LogP contribution in [-0.2, 0) is 0 Å². The van der Waals surface area contributed by atoms with Crippen molar-refractivity contribution >= 4 is 29.9 Å². The van der Waals surface area contributed by atoms with Crippen LogP contribution in [0.4, 0.5) is 0 Å². The van der Waals surface area contributed by atoms with E-state index >= 15 is 0 Å². The molecule has 1 atom stereocenters. The lowest BCUT2D eigenvalue weighted by Crippen LogP contribution is -2.30. The number of thiol groups is 1. The summed E-state index contributed by atoms with van der Waals surface area (Å²) < 4.78 is 0. The van der Waals surface area contributed by atoms with Crippen molar-refractivity contribution in [2.45, 2.75) is 17.9 Å². The summed E-state index contributed by atoms with van der Waals surface area (Å²) in [6, 6.07) is 1.75. The molecule has 0 aliphatic heterocycles. The Morgan fingerprint density at radius 1 is 1.85 bits per heavy atom. The minimum Gasteiger partial charge on any atom is -0.345 e. The number of hydrogen-bond acceptors (Lipinski definition) is 3. The fourth-order valence-electron chi connectivity index (χ4n) is 0.782. The second kappa shape index (κ2) is 4.48. The Balaban J connectivity index is 2.63. The van der Waals surface area contributed by atoms with Crippen molar-refractivity contribution in [3.8, 4) is 0 Å². The maximum absolute atomic E-state index is 11.4. The van der Waals surface area contributed by atoms with Gasteiger partial charge in [0.15, 0.2) is 0 Å². The summed E-state index contributed by atoms with van der Waals surface area (Å²) in [5.41, 5.74) is 0. The lowest BCUT2D eigenvalue weighted by atomic mass is 10.3. The van der Waals surface area contributed by atoms with Gasteiger partial charge in [0, 0.05) is 16.3 Å². The molecule has 1 rings (SSSR count). The van der Waals surface area contributed by atoms with E-state index in [-0.39, 0.29) is 11.9 Å². The number of amides is 1. The molecule has 0 aromatic carbocycles. The van der Waals surface area contributed by atoms with Crippen LogP contribution in [0.15, 0.2) is 29.0 Å². The highest BCUT2D eigenvalue weighted by Gasteiger charge is 2.08. The highest BCUT2D eigenvalue weighted by atomic mass is 32.1. The minimum absolute atomic E-state index is 0.00188. The SMILES string of the molecule is C=CC(C)NC(=O)c1cc(S)cs1. The second-order valence-electron chi connectivity index (χ2n) is 2.67. The predicted molar refractivity (Wildman–Crippen MR) is 58.7 cm³/mol. The zero-order valence-corrected chi connectivity index (χ0v) is 8.99. The largest absolute Gasteiger partial charge is 0.345 e. The fraction of sp³-hybridized carbons (Fsp3) is 0.222. The average molecular weight is 213 g/mol. The van der Waals surface area contributed by atoms with E-state index in [0.717, 1.165) is 4.90 Å². The van der Waals surface area contributed by atoms with E-state index in [1.54, 1.807) is 12.1 Å². The Bertz CT molecular complexity index is 319. The van der Waals surface area contributed by atoms with Crippen molar-refractivity contribution in [2.24, 2.45) is 0 Å². The van der Waals surface area contributed by atoms with Gasteiger partial charge in [-0.05, 0) is 13.0 Å². The van der Waals surface area contributed by atoms with Crippen LogP contribution >= 0.6 is 24.0 Å². The first-order valence-electron chi connectivity index (χ1n) is 3.84. The van der Waals surface area contributed by atoms with Gasteiger partial charge in [0.25, 0.3) is 5.91 Å². The smallest absolute Gasteiger partial charge is 0.261 e. The molecule has 1 heterocycles. The fourth-order valence-corrected chi connectivity index (χ4v) is 1.83. The Morgan fingerprint density at radius 2 is 2.54 bits per heavy atom. The zero-order valence-electron chi connectivity index (χ0n) is 7.28. The Hall–Kier alpha value is -0.740. The molecule has 1 amide bonds. The molecule has 0 spiro atoms. The second-order valence-corrected chi connectivity index (χ2v) is 4.09. The van der Waals surface area contributed by atoms with E-state index in [2.05, 4.69) is 24.5 Å². The molecule has 0 bridgehead atoms. The number of hydrogen-bond donors (Lipinski definition) is 2. The van der Waals surface area contributed by atoms with Crippen LogP contribution in [-0.4, -0.2) is 11.9 Å². The highest BCUT2D eigenvalue weighted by molar-refractivity contribution is 7.80. The standard InChI is InChI=1S/C9H11NOS2/c1-3-6(2)10-9(11)8-4-7(12)5-13-8/h3-6,12H,1H2,2H3,(H,10,11). The molecule has 1 aromatic heterocycles. The van der Waals surface area contributed by atoms with Crippen molar-refractivity contribution < 1.29 is 4.79 Å². The van der Waals surface area contributed by atoms with Gasteiger partial charge in [-0.1, -0.05) is 6.08 Å². The van der Waals surface area contributed by atoms with Gasteiger partial charge in [-0.3, -0.25) is 4.79 Å². The summed E-state index contributed by atoms with van der Waals surface area (Å²) in [6.45, 7) is 5.46. The highest BCUT2D eigenvalue weighted by Crippen LogP contribution is 2.17. The van der Waals surface area contributed by atoms with E-state index in [4.69, 9.17) is 0 Å². The first-order chi connectivity index (χ1) is 6.13. The van der Waals surface area contributed by atoms with Crippen molar-refractivity contribution in [2.75, 3.05) is 0 Å². The Morgan fingerprint density at radius 3 is 3.00 bits per heavy atom. The van der Waals surface area contributed by atoms with E-state index in [1.165, 1.54) is 11.3 Å². The normalized spacial score (nSPS) is 12.2. The molecule has 0 fully saturated rings. The van der Waals surface area contributed by atoms with Crippen LogP contribution in [0.1, 0.15) is 16.6 Å². The van der Waals surface area contributed by atoms with Gasteiger partial charge in [-0.25, -0.2) is 0 Å². The van der Waals surface area contributed by atoms with Crippen molar-refractivity contribution in [3.63, 3.8) is 0 Å². The lowest BCUT2D eigenvalue weighted by Gasteiger charge is -2.06. The van der Waals surface area contributed by atoms with E-state index in [1.807, 2.05) is 12.3 Å². The minimum atomic E-state index is -0.0716. The number of rotatable bonds is 3. The number of carbonyl (C=O) groups is 1. The molecule has 0 saturated carbocycles. The van der Waals surface area contributed by atoms with Crippen LogP contribution in [0, 0.1) is 0 Å². The van der Waals surface area contributed by atoms with Crippen LogP contribution in [0.5, 0.6) is 0 Å². The molecule has 0 aliphatic rings. The topological polar surface area (TPSA) is 29.1 Å². The molecule has 0 radical (unpaired) electrons. The molecule has 2 nitrogen and oxygen atoms in total. The third kappa shape index (κ3) is 2.90. The summed E-state index contributed by atoms with van der Waals surface area (Å²) in [6.07, 6.45) is 1.69. The molecule has 70 valence electrons. The molecular weight excluding hydrogens is 202 g/mol. The van der Waals surface area contributed by atoms with Gasteiger partial charge >= 0.3 is 0 Å². The quantitative estimate of drug-likeness (QED) is 0.585. The van der Waals surface area contributed by atoms with Crippen molar-refractivity contribution in [1.82, 2.24) is 5.32 Å². The zero-order chi connectivity index (χ0) is 9.84.